The number of para-hydroxylation sites is 1. The lowest BCUT2D eigenvalue weighted by atomic mass is 9.61. The van der Waals surface area contributed by atoms with Crippen LogP contribution < -0.4 is 4.74 Å². The van der Waals surface area contributed by atoms with Gasteiger partial charge in [0.1, 0.15) is 16.0 Å². The molecule has 0 aliphatic rings. The molecule has 0 fully saturated rings. The first-order valence-electron chi connectivity index (χ1n) is 9.75. The third-order valence-corrected chi connectivity index (χ3v) is 5.67. The highest BCUT2D eigenvalue weighted by atomic mass is 35.5. The number of hydrogen-bond acceptors (Lipinski definition) is 2. The normalized spacial score (nSPS) is 14.3. The molecule has 2 unspecified atom stereocenters. The Balaban J connectivity index is 2.45. The summed E-state index contributed by atoms with van der Waals surface area (Å²) in [6.07, 6.45) is 2.01. The molecule has 2 aromatic carbocycles. The van der Waals surface area contributed by atoms with Gasteiger partial charge in [0.25, 0.3) is 0 Å². The topological polar surface area (TPSA) is 46.5 Å². The molecule has 2 rings (SSSR count). The molecule has 0 spiro atoms. The Labute approximate surface area is 183 Å². The standard InChI is InChI=1S/C24H28Cl2O3/c1-16(2)21(14-22(25)26)24(17(3)4,23(27)28)15-18-9-8-12-20(13-18)29-19-10-6-5-7-11-19/h5-14,16-17,21H,15H2,1-4H3,(H,27,28). The highest BCUT2D eigenvalue weighted by Gasteiger charge is 2.48. The first-order chi connectivity index (χ1) is 13.7. The highest BCUT2D eigenvalue weighted by Crippen LogP contribution is 2.45. The second-order valence-corrected chi connectivity index (χ2v) is 8.97. The van der Waals surface area contributed by atoms with E-state index in [1.54, 1.807) is 6.08 Å². The Bertz CT molecular complexity index is 842. The second-order valence-electron chi connectivity index (χ2n) is 7.97. The molecule has 0 radical (unpaired) electrons. The van der Waals surface area contributed by atoms with E-state index in [1.165, 1.54) is 0 Å². The first-order valence-corrected chi connectivity index (χ1v) is 10.5. The minimum atomic E-state index is -1.06. The van der Waals surface area contributed by atoms with Gasteiger partial charge in [-0.1, -0.05) is 81.2 Å². The van der Waals surface area contributed by atoms with Gasteiger partial charge in [0, 0.05) is 0 Å². The molecular formula is C24H28Cl2O3. The van der Waals surface area contributed by atoms with Crippen LogP contribution in [0.3, 0.4) is 0 Å². The quantitative estimate of drug-likeness (QED) is 0.448. The zero-order valence-electron chi connectivity index (χ0n) is 17.2. The highest BCUT2D eigenvalue weighted by molar-refractivity contribution is 6.55. The third kappa shape index (κ3) is 5.77. The maximum Gasteiger partial charge on any atom is 0.310 e. The van der Waals surface area contributed by atoms with Crippen molar-refractivity contribution in [2.75, 3.05) is 0 Å². The van der Waals surface area contributed by atoms with Gasteiger partial charge in [-0.2, -0.15) is 0 Å². The number of allylic oxidation sites excluding steroid dienone is 1. The Kier molecular flexibility index (Phi) is 8.18. The fourth-order valence-corrected chi connectivity index (χ4v) is 4.20. The van der Waals surface area contributed by atoms with Crippen molar-refractivity contribution in [2.24, 2.45) is 23.2 Å². The lowest BCUT2D eigenvalue weighted by Gasteiger charge is -2.41. The molecule has 2 atom stereocenters. The van der Waals surface area contributed by atoms with Gasteiger partial charge in [0.2, 0.25) is 0 Å². The van der Waals surface area contributed by atoms with Gasteiger partial charge in [0.05, 0.1) is 5.41 Å². The van der Waals surface area contributed by atoms with E-state index in [1.807, 2.05) is 82.3 Å². The molecule has 0 saturated heterocycles. The summed E-state index contributed by atoms with van der Waals surface area (Å²) >= 11 is 11.9. The van der Waals surface area contributed by atoms with Crippen LogP contribution in [0.5, 0.6) is 11.5 Å². The van der Waals surface area contributed by atoms with Crippen LogP contribution in [0.1, 0.15) is 33.3 Å². The van der Waals surface area contributed by atoms with Gasteiger partial charge >= 0.3 is 5.97 Å². The van der Waals surface area contributed by atoms with Crippen LogP contribution in [0.25, 0.3) is 0 Å². The molecular weight excluding hydrogens is 407 g/mol. The number of hydrogen-bond donors (Lipinski definition) is 1. The smallest absolute Gasteiger partial charge is 0.310 e. The average molecular weight is 435 g/mol. The molecule has 5 heteroatoms. The molecule has 2 aromatic rings. The molecule has 0 heterocycles. The van der Waals surface area contributed by atoms with E-state index in [0.717, 1.165) is 11.3 Å². The molecule has 156 valence electrons. The van der Waals surface area contributed by atoms with Crippen LogP contribution in [0, 0.1) is 23.2 Å². The van der Waals surface area contributed by atoms with E-state index in [9.17, 15) is 9.90 Å². The Hall–Kier alpha value is -1.97. The predicted molar refractivity (Wildman–Crippen MR) is 120 cm³/mol. The minimum absolute atomic E-state index is 0.0461. The van der Waals surface area contributed by atoms with Gasteiger partial charge in [-0.3, -0.25) is 4.79 Å². The van der Waals surface area contributed by atoms with E-state index in [4.69, 9.17) is 27.9 Å². The summed E-state index contributed by atoms with van der Waals surface area (Å²) in [6.45, 7) is 7.85. The van der Waals surface area contributed by atoms with E-state index < -0.39 is 11.4 Å². The Morgan fingerprint density at radius 2 is 1.66 bits per heavy atom. The summed E-state index contributed by atoms with van der Waals surface area (Å²) in [5, 5.41) is 10.3. The van der Waals surface area contributed by atoms with Crippen molar-refractivity contribution in [3.05, 3.63) is 70.7 Å². The summed E-state index contributed by atoms with van der Waals surface area (Å²) in [7, 11) is 0. The van der Waals surface area contributed by atoms with Crippen LogP contribution in [0.15, 0.2) is 65.2 Å². The van der Waals surface area contributed by atoms with Crippen molar-refractivity contribution in [2.45, 2.75) is 34.1 Å². The molecule has 0 saturated carbocycles. The average Bonchev–Trinajstić information content (AvgIpc) is 2.64. The zero-order valence-corrected chi connectivity index (χ0v) is 18.7. The van der Waals surface area contributed by atoms with Crippen LogP contribution in [-0.4, -0.2) is 11.1 Å². The molecule has 3 nitrogen and oxygen atoms in total. The minimum Gasteiger partial charge on any atom is -0.481 e. The van der Waals surface area contributed by atoms with Gasteiger partial charge < -0.3 is 9.84 Å². The molecule has 0 bridgehead atoms. The number of halogens is 2. The fraction of sp³-hybridized carbons (Fsp3) is 0.375. The monoisotopic (exact) mass is 434 g/mol. The van der Waals surface area contributed by atoms with Crippen LogP contribution in [0.2, 0.25) is 0 Å². The Morgan fingerprint density at radius 3 is 2.17 bits per heavy atom. The van der Waals surface area contributed by atoms with Gasteiger partial charge in [0.15, 0.2) is 0 Å². The van der Waals surface area contributed by atoms with Crippen molar-refractivity contribution in [3.8, 4) is 11.5 Å². The zero-order chi connectivity index (χ0) is 21.6. The maximum atomic E-state index is 12.6. The number of carbonyl (C=O) groups is 1. The first kappa shape index (κ1) is 23.3. The SMILES string of the molecule is CC(C)C(C=C(Cl)Cl)C(Cc1cccc(Oc2ccccc2)c1)(C(=O)O)C(C)C. The molecule has 0 aliphatic heterocycles. The summed E-state index contributed by atoms with van der Waals surface area (Å²) in [5.41, 5.74) is -0.173. The van der Waals surface area contributed by atoms with Crippen molar-refractivity contribution in [3.63, 3.8) is 0 Å². The van der Waals surface area contributed by atoms with Gasteiger partial charge in [-0.15, -0.1) is 0 Å². The number of aliphatic carboxylic acids is 1. The van der Waals surface area contributed by atoms with Gasteiger partial charge in [-0.25, -0.2) is 0 Å². The Morgan fingerprint density at radius 1 is 1.03 bits per heavy atom. The largest absolute Gasteiger partial charge is 0.481 e. The third-order valence-electron chi connectivity index (χ3n) is 5.42. The number of rotatable bonds is 9. The lowest BCUT2D eigenvalue weighted by Crippen LogP contribution is -2.46. The number of carboxylic acids is 1. The molecule has 1 N–H and O–H groups in total. The van der Waals surface area contributed by atoms with E-state index in [0.29, 0.717) is 12.2 Å². The van der Waals surface area contributed by atoms with Crippen molar-refractivity contribution in [1.82, 2.24) is 0 Å². The van der Waals surface area contributed by atoms with E-state index >= 15 is 0 Å². The molecule has 0 aromatic heterocycles. The summed E-state index contributed by atoms with van der Waals surface area (Å²) in [5.74, 6) is 0.119. The van der Waals surface area contributed by atoms with Crippen LogP contribution in [-0.2, 0) is 11.2 Å². The van der Waals surface area contributed by atoms with E-state index in [-0.39, 0.29) is 22.2 Å². The van der Waals surface area contributed by atoms with Gasteiger partial charge in [-0.05, 0) is 60.1 Å². The number of ether oxygens (including phenoxy) is 1. The fourth-order valence-electron chi connectivity index (χ4n) is 3.93. The number of carboxylic acid groups (broad SMARTS) is 1. The maximum absolute atomic E-state index is 12.6. The van der Waals surface area contributed by atoms with E-state index in [2.05, 4.69) is 0 Å². The number of benzene rings is 2. The van der Waals surface area contributed by atoms with Crippen LogP contribution >= 0.6 is 23.2 Å². The summed E-state index contributed by atoms with van der Waals surface area (Å²) in [4.78, 5) is 12.6. The summed E-state index contributed by atoms with van der Waals surface area (Å²) < 4.78 is 6.02. The second kappa shape index (κ2) is 10.2. The van der Waals surface area contributed by atoms with Crippen molar-refractivity contribution < 1.29 is 14.6 Å². The molecule has 29 heavy (non-hydrogen) atoms. The van der Waals surface area contributed by atoms with Crippen LogP contribution in [0.4, 0.5) is 0 Å². The predicted octanol–water partition coefficient (Wildman–Crippen LogP) is 7.34. The summed E-state index contributed by atoms with van der Waals surface area (Å²) in [6, 6.07) is 17.1. The molecule has 0 amide bonds. The molecule has 0 aliphatic carbocycles. The van der Waals surface area contributed by atoms with Crippen molar-refractivity contribution in [1.29, 1.82) is 0 Å². The lowest BCUT2D eigenvalue weighted by molar-refractivity contribution is -0.156. The van der Waals surface area contributed by atoms with Crippen molar-refractivity contribution >= 4 is 29.2 Å².